The topological polar surface area (TPSA) is 106 Å². The van der Waals surface area contributed by atoms with Crippen LogP contribution in [-0.4, -0.2) is 81.3 Å². The number of benzene rings is 1. The molecule has 6 rings (SSSR count). The zero-order valence-corrected chi connectivity index (χ0v) is 23.2. The number of amides is 1. The summed E-state index contributed by atoms with van der Waals surface area (Å²) in [5.74, 6) is -0.793. The van der Waals surface area contributed by atoms with Crippen molar-refractivity contribution in [2.75, 3.05) is 33.4 Å². The van der Waals surface area contributed by atoms with Gasteiger partial charge in [-0.3, -0.25) is 9.89 Å². The van der Waals surface area contributed by atoms with E-state index in [4.69, 9.17) is 19.2 Å². The molecule has 0 spiro atoms. The Bertz CT molecular complexity index is 1440. The van der Waals surface area contributed by atoms with Crippen molar-refractivity contribution in [3.8, 4) is 17.6 Å². The Kier molecular flexibility index (Phi) is 7.07. The molecule has 3 aromatic rings. The van der Waals surface area contributed by atoms with Crippen LogP contribution in [0.3, 0.4) is 0 Å². The SMILES string of the molecule is C=C(F)C(=O)N1CCC(c2nc(OCC3CCCN3C)nc3c2OCC(c2c(C)ccc4[nH]ncc24)O3)C[C@H]1C. The number of rotatable bonds is 6. The first-order valence-electron chi connectivity index (χ1n) is 13.9. The van der Waals surface area contributed by atoms with Crippen molar-refractivity contribution >= 4 is 16.8 Å². The number of likely N-dealkylation sites (N-methyl/N-ethyl adjacent to an activating group) is 1. The van der Waals surface area contributed by atoms with Crippen LogP contribution in [0.5, 0.6) is 17.6 Å². The third-order valence-electron chi connectivity index (χ3n) is 8.51. The molecule has 5 heterocycles. The van der Waals surface area contributed by atoms with Crippen LogP contribution in [0.2, 0.25) is 0 Å². The van der Waals surface area contributed by atoms with Crippen molar-refractivity contribution in [1.29, 1.82) is 0 Å². The van der Waals surface area contributed by atoms with Gasteiger partial charge in [0.25, 0.3) is 11.8 Å². The summed E-state index contributed by atoms with van der Waals surface area (Å²) in [7, 11) is 2.10. The van der Waals surface area contributed by atoms with Crippen molar-refractivity contribution in [2.24, 2.45) is 0 Å². The smallest absolute Gasteiger partial charge is 0.320 e. The maximum Gasteiger partial charge on any atom is 0.320 e. The van der Waals surface area contributed by atoms with E-state index in [1.165, 1.54) is 4.90 Å². The number of fused-ring (bicyclic) bond motifs is 2. The fourth-order valence-electron chi connectivity index (χ4n) is 6.27. The van der Waals surface area contributed by atoms with Gasteiger partial charge in [0.1, 0.15) is 13.2 Å². The molecule has 0 aliphatic carbocycles. The number of aromatic amines is 1. The Morgan fingerprint density at radius 3 is 2.88 bits per heavy atom. The maximum absolute atomic E-state index is 13.6. The highest BCUT2D eigenvalue weighted by Crippen LogP contribution is 2.45. The van der Waals surface area contributed by atoms with E-state index >= 15 is 0 Å². The van der Waals surface area contributed by atoms with E-state index in [-0.39, 0.29) is 30.7 Å². The van der Waals surface area contributed by atoms with Crippen molar-refractivity contribution in [2.45, 2.75) is 63.6 Å². The van der Waals surface area contributed by atoms with Crippen LogP contribution in [0.25, 0.3) is 10.9 Å². The van der Waals surface area contributed by atoms with Crippen LogP contribution >= 0.6 is 0 Å². The molecule has 0 saturated carbocycles. The zero-order chi connectivity index (χ0) is 28.0. The molecule has 3 unspecified atom stereocenters. The van der Waals surface area contributed by atoms with Crippen molar-refractivity contribution < 1.29 is 23.4 Å². The first kappa shape index (κ1) is 26.5. The molecule has 3 aliphatic heterocycles. The lowest BCUT2D eigenvalue weighted by atomic mass is 9.88. The largest absolute Gasteiger partial charge is 0.482 e. The lowest BCUT2D eigenvalue weighted by molar-refractivity contribution is -0.132. The van der Waals surface area contributed by atoms with E-state index in [1.807, 2.05) is 26.0 Å². The Balaban J connectivity index is 1.32. The molecular weight excluding hydrogens is 515 g/mol. The molecule has 4 atom stereocenters. The number of aryl methyl sites for hydroxylation is 1. The number of hydrogen-bond acceptors (Lipinski definition) is 8. The number of likely N-dealkylation sites (tertiary alicyclic amines) is 2. The van der Waals surface area contributed by atoms with E-state index in [0.717, 1.165) is 41.4 Å². The number of carbonyl (C=O) groups excluding carboxylic acids is 1. The minimum Gasteiger partial charge on any atom is -0.482 e. The van der Waals surface area contributed by atoms with E-state index in [2.05, 4.69) is 33.7 Å². The van der Waals surface area contributed by atoms with Gasteiger partial charge in [-0.25, -0.2) is 4.39 Å². The number of nitrogens with one attached hydrogen (secondary N) is 1. The van der Waals surface area contributed by atoms with Crippen molar-refractivity contribution in [3.63, 3.8) is 0 Å². The van der Waals surface area contributed by atoms with Crippen molar-refractivity contribution in [3.05, 3.63) is 47.6 Å². The Morgan fingerprint density at radius 1 is 1.27 bits per heavy atom. The lowest BCUT2D eigenvalue weighted by Gasteiger charge is -2.38. The number of nitrogens with zero attached hydrogens (tertiary/aromatic N) is 5. The third-order valence-corrected chi connectivity index (χ3v) is 8.51. The summed E-state index contributed by atoms with van der Waals surface area (Å²) < 4.78 is 32.6. The number of carbonyl (C=O) groups is 1. The normalized spacial score (nSPS) is 24.9. The summed E-state index contributed by atoms with van der Waals surface area (Å²) in [4.78, 5) is 25.6. The monoisotopic (exact) mass is 550 g/mol. The third kappa shape index (κ3) is 4.87. The molecule has 1 amide bonds. The van der Waals surface area contributed by atoms with Crippen LogP contribution in [0.4, 0.5) is 4.39 Å². The number of hydrogen-bond donors (Lipinski definition) is 1. The van der Waals surface area contributed by atoms with E-state index in [1.54, 1.807) is 6.20 Å². The molecular formula is C29H35FN6O4. The molecule has 2 aromatic heterocycles. The van der Waals surface area contributed by atoms with Gasteiger partial charge in [-0.15, -0.1) is 0 Å². The van der Waals surface area contributed by atoms with Gasteiger partial charge in [-0.1, -0.05) is 12.6 Å². The van der Waals surface area contributed by atoms with Gasteiger partial charge in [-0.2, -0.15) is 15.1 Å². The highest BCUT2D eigenvalue weighted by Gasteiger charge is 2.37. The average Bonchev–Trinajstić information content (AvgIpc) is 3.59. The quantitative estimate of drug-likeness (QED) is 0.455. The standard InChI is InChI=1S/C29H35FN6O4/c1-16-7-8-22-21(13-31-34-22)24(16)23-15-38-26-25(19-9-11-36(17(2)12-19)28(37)18(3)30)32-29(33-27(26)40-23)39-14-20-6-5-10-35(20)4/h7-8,13,17,19-20,23H,3,5-6,9-12,14-15H2,1-2,4H3,(H,31,34)/t17-,19?,20?,23?/m1/s1. The minimum absolute atomic E-state index is 0.0422. The predicted molar refractivity (Wildman–Crippen MR) is 146 cm³/mol. The summed E-state index contributed by atoms with van der Waals surface area (Å²) >= 11 is 0. The van der Waals surface area contributed by atoms with Gasteiger partial charge in [0.2, 0.25) is 5.75 Å². The number of aromatic nitrogens is 4. The van der Waals surface area contributed by atoms with Crippen LogP contribution in [-0.2, 0) is 4.79 Å². The summed E-state index contributed by atoms with van der Waals surface area (Å²) in [6.07, 6.45) is 4.80. The molecule has 11 heteroatoms. The Hall–Kier alpha value is -3.73. The van der Waals surface area contributed by atoms with Crippen LogP contribution in [0.1, 0.15) is 61.4 Å². The summed E-state index contributed by atoms with van der Waals surface area (Å²) in [5.41, 5.74) is 3.70. The summed E-state index contributed by atoms with van der Waals surface area (Å²) in [5, 5.41) is 8.21. The maximum atomic E-state index is 13.6. The van der Waals surface area contributed by atoms with Gasteiger partial charge < -0.3 is 24.0 Å². The van der Waals surface area contributed by atoms with E-state index in [9.17, 15) is 9.18 Å². The zero-order valence-electron chi connectivity index (χ0n) is 23.2. The second kappa shape index (κ2) is 10.7. The number of halogens is 1. The fraction of sp³-hybridized carbons (Fsp3) is 0.517. The Labute approximate surface area is 232 Å². The van der Waals surface area contributed by atoms with Gasteiger partial charge in [0.05, 0.1) is 17.4 Å². The van der Waals surface area contributed by atoms with Crippen LogP contribution in [0, 0.1) is 6.92 Å². The summed E-state index contributed by atoms with van der Waals surface area (Å²) in [6.45, 7) is 9.34. The summed E-state index contributed by atoms with van der Waals surface area (Å²) in [6, 6.07) is 4.40. The minimum atomic E-state index is -0.942. The highest BCUT2D eigenvalue weighted by molar-refractivity contribution is 5.90. The first-order chi connectivity index (χ1) is 19.3. The lowest BCUT2D eigenvalue weighted by Crippen LogP contribution is -2.44. The molecule has 2 fully saturated rings. The molecule has 212 valence electrons. The fourth-order valence-corrected chi connectivity index (χ4v) is 6.27. The molecule has 40 heavy (non-hydrogen) atoms. The second-order valence-electron chi connectivity index (χ2n) is 11.1. The number of ether oxygens (including phenoxy) is 3. The molecule has 3 aliphatic rings. The van der Waals surface area contributed by atoms with Crippen LogP contribution < -0.4 is 14.2 Å². The van der Waals surface area contributed by atoms with Gasteiger partial charge >= 0.3 is 6.01 Å². The van der Waals surface area contributed by atoms with Gasteiger partial charge in [0.15, 0.2) is 11.9 Å². The first-order valence-corrected chi connectivity index (χ1v) is 13.9. The van der Waals surface area contributed by atoms with Crippen molar-refractivity contribution in [1.82, 2.24) is 30.0 Å². The molecule has 10 nitrogen and oxygen atoms in total. The number of H-pyrrole nitrogens is 1. The molecule has 1 aromatic carbocycles. The van der Waals surface area contributed by atoms with Gasteiger partial charge in [-0.05, 0) is 64.8 Å². The highest BCUT2D eigenvalue weighted by atomic mass is 19.1. The Morgan fingerprint density at radius 2 is 2.12 bits per heavy atom. The van der Waals surface area contributed by atoms with E-state index in [0.29, 0.717) is 49.4 Å². The molecule has 2 saturated heterocycles. The molecule has 1 N–H and O–H groups in total. The van der Waals surface area contributed by atoms with Gasteiger partial charge in [0, 0.05) is 35.5 Å². The number of piperidine rings is 1. The molecule has 0 bridgehead atoms. The predicted octanol–water partition coefficient (Wildman–Crippen LogP) is 4.22. The average molecular weight is 551 g/mol. The van der Waals surface area contributed by atoms with Crippen LogP contribution in [0.15, 0.2) is 30.7 Å². The van der Waals surface area contributed by atoms with E-state index < -0.39 is 11.7 Å². The second-order valence-corrected chi connectivity index (χ2v) is 11.1. The molecule has 0 radical (unpaired) electrons.